The second kappa shape index (κ2) is 15.0. The van der Waals surface area contributed by atoms with Crippen LogP contribution >= 0.6 is 24.0 Å². The van der Waals surface area contributed by atoms with Gasteiger partial charge >= 0.3 is 0 Å². The van der Waals surface area contributed by atoms with Crippen LogP contribution < -0.4 is 20.1 Å². The fourth-order valence-corrected chi connectivity index (χ4v) is 3.96. The summed E-state index contributed by atoms with van der Waals surface area (Å²) < 4.78 is 10.9. The number of hydrogen-bond acceptors (Lipinski definition) is 5. The van der Waals surface area contributed by atoms with Crippen LogP contribution in [-0.2, 0) is 13.1 Å². The number of aliphatic hydroxyl groups is 1. The SMILES string of the molecule is CCNC(=NCc1ccc(OCCO)c(OC)c1)NCC1CCCN1Cc1ccccc1.I. The van der Waals surface area contributed by atoms with E-state index in [0.29, 0.717) is 24.1 Å². The van der Waals surface area contributed by atoms with Crippen molar-refractivity contribution in [1.82, 2.24) is 15.5 Å². The molecule has 3 rings (SSSR count). The molecule has 0 spiro atoms. The molecule has 1 fully saturated rings. The normalized spacial score (nSPS) is 16.2. The summed E-state index contributed by atoms with van der Waals surface area (Å²) in [6.45, 7) is 6.62. The van der Waals surface area contributed by atoms with Crippen LogP contribution in [0.25, 0.3) is 0 Å². The van der Waals surface area contributed by atoms with E-state index in [9.17, 15) is 0 Å². The summed E-state index contributed by atoms with van der Waals surface area (Å²) in [6, 6.07) is 16.9. The van der Waals surface area contributed by atoms with Gasteiger partial charge in [-0.3, -0.25) is 4.90 Å². The molecule has 1 aliphatic rings. The first-order chi connectivity index (χ1) is 15.7. The van der Waals surface area contributed by atoms with E-state index < -0.39 is 0 Å². The molecule has 1 aliphatic heterocycles. The van der Waals surface area contributed by atoms with Crippen molar-refractivity contribution in [2.24, 2.45) is 4.99 Å². The number of hydrogen-bond donors (Lipinski definition) is 3. The Morgan fingerprint density at radius 1 is 1.12 bits per heavy atom. The van der Waals surface area contributed by atoms with Crippen LogP contribution in [0.3, 0.4) is 0 Å². The van der Waals surface area contributed by atoms with Gasteiger partial charge in [-0.05, 0) is 49.6 Å². The monoisotopic (exact) mass is 568 g/mol. The van der Waals surface area contributed by atoms with Crippen LogP contribution in [0.5, 0.6) is 11.5 Å². The number of halogens is 1. The number of guanidine groups is 1. The minimum Gasteiger partial charge on any atom is -0.493 e. The van der Waals surface area contributed by atoms with Crippen molar-refractivity contribution in [2.45, 2.75) is 38.9 Å². The number of methoxy groups -OCH3 is 1. The van der Waals surface area contributed by atoms with Gasteiger partial charge in [-0.1, -0.05) is 36.4 Å². The number of ether oxygens (including phenoxy) is 2. The lowest BCUT2D eigenvalue weighted by Gasteiger charge is -2.25. The van der Waals surface area contributed by atoms with E-state index in [4.69, 9.17) is 19.6 Å². The van der Waals surface area contributed by atoms with Gasteiger partial charge in [-0.25, -0.2) is 4.99 Å². The summed E-state index contributed by atoms with van der Waals surface area (Å²) in [6.07, 6.45) is 2.43. The molecule has 1 heterocycles. The minimum absolute atomic E-state index is 0. The Bertz CT molecular complexity index is 851. The Morgan fingerprint density at radius 3 is 2.67 bits per heavy atom. The van der Waals surface area contributed by atoms with Crippen LogP contribution in [0.4, 0.5) is 0 Å². The van der Waals surface area contributed by atoms with E-state index in [1.807, 2.05) is 18.2 Å². The second-order valence-corrected chi connectivity index (χ2v) is 7.89. The molecule has 0 amide bonds. The summed E-state index contributed by atoms with van der Waals surface area (Å²) in [5.41, 5.74) is 2.39. The van der Waals surface area contributed by atoms with Crippen molar-refractivity contribution in [1.29, 1.82) is 0 Å². The van der Waals surface area contributed by atoms with Gasteiger partial charge in [0.25, 0.3) is 0 Å². The Balaban J connectivity index is 0.00000385. The number of rotatable bonds is 11. The van der Waals surface area contributed by atoms with E-state index in [1.165, 1.54) is 18.4 Å². The van der Waals surface area contributed by atoms with Crippen molar-refractivity contribution >= 4 is 29.9 Å². The number of benzene rings is 2. The molecule has 0 saturated carbocycles. The molecule has 7 nitrogen and oxygen atoms in total. The van der Waals surface area contributed by atoms with E-state index in [2.05, 4.69) is 52.8 Å². The number of likely N-dealkylation sites (tertiary alicyclic amines) is 1. The maximum atomic E-state index is 8.96. The largest absolute Gasteiger partial charge is 0.493 e. The van der Waals surface area contributed by atoms with Crippen molar-refractivity contribution in [3.63, 3.8) is 0 Å². The zero-order valence-corrected chi connectivity index (χ0v) is 22.0. The van der Waals surface area contributed by atoms with Crippen LogP contribution in [0, 0.1) is 0 Å². The van der Waals surface area contributed by atoms with Crippen molar-refractivity contribution < 1.29 is 14.6 Å². The van der Waals surface area contributed by atoms with Gasteiger partial charge in [0, 0.05) is 25.7 Å². The molecule has 1 unspecified atom stereocenters. The van der Waals surface area contributed by atoms with Gasteiger partial charge in [0.15, 0.2) is 17.5 Å². The molecule has 0 bridgehead atoms. The molecular formula is C25H37IN4O3. The number of nitrogens with zero attached hydrogens (tertiary/aromatic N) is 2. The molecule has 0 aliphatic carbocycles. The third-order valence-electron chi connectivity index (χ3n) is 5.57. The van der Waals surface area contributed by atoms with Crippen LogP contribution in [0.2, 0.25) is 0 Å². The fourth-order valence-electron chi connectivity index (χ4n) is 3.96. The highest BCUT2D eigenvalue weighted by Crippen LogP contribution is 2.28. The molecule has 3 N–H and O–H groups in total. The Labute approximate surface area is 214 Å². The van der Waals surface area contributed by atoms with E-state index in [0.717, 1.165) is 37.7 Å². The van der Waals surface area contributed by atoms with Gasteiger partial charge in [0.05, 0.1) is 20.3 Å². The predicted octanol–water partition coefficient (Wildman–Crippen LogP) is 3.40. The third kappa shape index (κ3) is 8.68. The first kappa shape index (κ1) is 27.2. The smallest absolute Gasteiger partial charge is 0.191 e. The highest BCUT2D eigenvalue weighted by Gasteiger charge is 2.24. The maximum Gasteiger partial charge on any atom is 0.191 e. The fraction of sp³-hybridized carbons (Fsp3) is 0.480. The molecule has 0 aromatic heterocycles. The lowest BCUT2D eigenvalue weighted by molar-refractivity contribution is 0.196. The highest BCUT2D eigenvalue weighted by atomic mass is 127. The van der Waals surface area contributed by atoms with Gasteiger partial charge in [-0.15, -0.1) is 24.0 Å². The summed E-state index contributed by atoms with van der Waals surface area (Å²) in [7, 11) is 1.61. The molecule has 0 radical (unpaired) electrons. The third-order valence-corrected chi connectivity index (χ3v) is 5.57. The van der Waals surface area contributed by atoms with Crippen LogP contribution in [0.1, 0.15) is 30.9 Å². The van der Waals surface area contributed by atoms with Crippen molar-refractivity contribution in [2.75, 3.05) is 40.0 Å². The topological polar surface area (TPSA) is 78.4 Å². The zero-order chi connectivity index (χ0) is 22.6. The summed E-state index contributed by atoms with van der Waals surface area (Å²) in [5.74, 6) is 2.09. The average molecular weight is 569 g/mol. The van der Waals surface area contributed by atoms with Gasteiger partial charge in [-0.2, -0.15) is 0 Å². The summed E-state index contributed by atoms with van der Waals surface area (Å²) >= 11 is 0. The number of aliphatic imine (C=N–C) groups is 1. The first-order valence-corrected chi connectivity index (χ1v) is 11.4. The number of nitrogens with one attached hydrogen (secondary N) is 2. The molecule has 8 heteroatoms. The van der Waals surface area contributed by atoms with Gasteiger partial charge < -0.3 is 25.2 Å². The lowest BCUT2D eigenvalue weighted by Crippen LogP contribution is -2.44. The Morgan fingerprint density at radius 2 is 1.94 bits per heavy atom. The van der Waals surface area contributed by atoms with Crippen LogP contribution in [-0.4, -0.2) is 62.0 Å². The molecule has 33 heavy (non-hydrogen) atoms. The van der Waals surface area contributed by atoms with E-state index in [1.54, 1.807) is 7.11 Å². The molecule has 1 atom stereocenters. The first-order valence-electron chi connectivity index (χ1n) is 11.4. The molecule has 1 saturated heterocycles. The highest BCUT2D eigenvalue weighted by molar-refractivity contribution is 14.0. The van der Waals surface area contributed by atoms with Gasteiger partial charge in [0.2, 0.25) is 0 Å². The predicted molar refractivity (Wildman–Crippen MR) is 144 cm³/mol. The minimum atomic E-state index is -0.0311. The van der Waals surface area contributed by atoms with E-state index in [-0.39, 0.29) is 37.2 Å². The zero-order valence-electron chi connectivity index (χ0n) is 19.6. The Hall–Kier alpha value is -2.04. The maximum absolute atomic E-state index is 8.96. The quantitative estimate of drug-likeness (QED) is 0.219. The number of aliphatic hydroxyl groups excluding tert-OH is 1. The van der Waals surface area contributed by atoms with Crippen molar-refractivity contribution in [3.05, 3.63) is 59.7 Å². The molecular weight excluding hydrogens is 531 g/mol. The van der Waals surface area contributed by atoms with E-state index >= 15 is 0 Å². The summed E-state index contributed by atoms with van der Waals surface area (Å²) in [4.78, 5) is 7.32. The molecule has 2 aromatic carbocycles. The van der Waals surface area contributed by atoms with Crippen LogP contribution in [0.15, 0.2) is 53.5 Å². The average Bonchev–Trinajstić information content (AvgIpc) is 3.27. The van der Waals surface area contributed by atoms with Crippen molar-refractivity contribution in [3.8, 4) is 11.5 Å². The Kier molecular flexibility index (Phi) is 12.3. The molecule has 2 aromatic rings. The summed E-state index contributed by atoms with van der Waals surface area (Å²) in [5, 5.41) is 15.8. The lowest BCUT2D eigenvalue weighted by atomic mass is 10.2. The standard InChI is InChI=1S/C25H36N4O3.HI/c1-3-26-25(27-17-21-11-12-23(32-15-14-30)24(16-21)31-2)28-18-22-10-7-13-29(22)19-20-8-5-4-6-9-20;/h4-6,8-9,11-12,16,22,30H,3,7,10,13-15,17-19H2,1-2H3,(H2,26,27,28);1H. The molecule has 182 valence electrons. The van der Waals surface area contributed by atoms with Gasteiger partial charge in [0.1, 0.15) is 6.61 Å². The second-order valence-electron chi connectivity index (χ2n) is 7.89.